The molecule has 0 bridgehead atoms. The van der Waals surface area contributed by atoms with E-state index < -0.39 is 0 Å². The SMILES string of the molecule is CC(=O)N(CC(=O)NC(C)C)c1ccc(N2CCCC2)cc1. The van der Waals surface area contributed by atoms with Gasteiger partial charge >= 0.3 is 0 Å². The van der Waals surface area contributed by atoms with Crippen LogP contribution in [-0.2, 0) is 9.59 Å². The molecule has 5 nitrogen and oxygen atoms in total. The first-order chi connectivity index (χ1) is 10.5. The summed E-state index contributed by atoms with van der Waals surface area (Å²) in [5, 5.41) is 2.81. The summed E-state index contributed by atoms with van der Waals surface area (Å²) < 4.78 is 0. The molecule has 1 aliphatic rings. The number of carbonyl (C=O) groups excluding carboxylic acids is 2. The van der Waals surface area contributed by atoms with Gasteiger partial charge in [-0.05, 0) is 51.0 Å². The second-order valence-corrected chi connectivity index (χ2v) is 6.04. The van der Waals surface area contributed by atoms with E-state index in [0.717, 1.165) is 18.8 Å². The van der Waals surface area contributed by atoms with Crippen molar-refractivity contribution in [2.75, 3.05) is 29.4 Å². The number of nitrogens with one attached hydrogen (secondary N) is 1. The van der Waals surface area contributed by atoms with Crippen LogP contribution in [0, 0.1) is 0 Å². The van der Waals surface area contributed by atoms with Crippen LogP contribution < -0.4 is 15.1 Å². The van der Waals surface area contributed by atoms with E-state index in [4.69, 9.17) is 0 Å². The number of carbonyl (C=O) groups is 2. The molecule has 1 fully saturated rings. The summed E-state index contributed by atoms with van der Waals surface area (Å²) in [7, 11) is 0. The molecule has 0 atom stereocenters. The summed E-state index contributed by atoms with van der Waals surface area (Å²) in [6.07, 6.45) is 2.47. The minimum Gasteiger partial charge on any atom is -0.372 e. The summed E-state index contributed by atoms with van der Waals surface area (Å²) in [6.45, 7) is 7.52. The van der Waals surface area contributed by atoms with Crippen molar-refractivity contribution in [3.63, 3.8) is 0 Å². The van der Waals surface area contributed by atoms with Crippen LogP contribution in [0.15, 0.2) is 24.3 Å². The third-order valence-electron chi connectivity index (χ3n) is 3.76. The van der Waals surface area contributed by atoms with Crippen molar-refractivity contribution in [2.24, 2.45) is 0 Å². The van der Waals surface area contributed by atoms with Gasteiger partial charge in [0.2, 0.25) is 11.8 Å². The monoisotopic (exact) mass is 303 g/mol. The molecule has 2 amide bonds. The van der Waals surface area contributed by atoms with Gasteiger partial charge in [0.25, 0.3) is 0 Å². The molecule has 0 aliphatic carbocycles. The van der Waals surface area contributed by atoms with E-state index in [-0.39, 0.29) is 24.4 Å². The summed E-state index contributed by atoms with van der Waals surface area (Å²) >= 11 is 0. The van der Waals surface area contributed by atoms with Gasteiger partial charge in [-0.15, -0.1) is 0 Å². The molecule has 1 aliphatic heterocycles. The maximum Gasteiger partial charge on any atom is 0.240 e. The van der Waals surface area contributed by atoms with E-state index in [9.17, 15) is 9.59 Å². The van der Waals surface area contributed by atoms with E-state index in [1.165, 1.54) is 30.4 Å². The molecule has 0 saturated carbocycles. The normalized spacial score (nSPS) is 14.3. The highest BCUT2D eigenvalue weighted by molar-refractivity contribution is 5.97. The highest BCUT2D eigenvalue weighted by atomic mass is 16.2. The van der Waals surface area contributed by atoms with E-state index in [1.54, 1.807) is 0 Å². The third-order valence-corrected chi connectivity index (χ3v) is 3.76. The Morgan fingerprint density at radius 2 is 1.77 bits per heavy atom. The Morgan fingerprint density at radius 1 is 1.18 bits per heavy atom. The standard InChI is InChI=1S/C17H25N3O2/c1-13(2)18-17(22)12-20(14(3)21)16-8-6-15(7-9-16)19-10-4-5-11-19/h6-9,13H,4-5,10-12H2,1-3H3,(H,18,22). The van der Waals surface area contributed by atoms with Crippen LogP contribution >= 0.6 is 0 Å². The fourth-order valence-electron chi connectivity index (χ4n) is 2.71. The lowest BCUT2D eigenvalue weighted by atomic mass is 10.2. The topological polar surface area (TPSA) is 52.7 Å². The van der Waals surface area contributed by atoms with Crippen molar-refractivity contribution in [3.8, 4) is 0 Å². The lowest BCUT2D eigenvalue weighted by Gasteiger charge is -2.23. The number of amides is 2. The minimum atomic E-state index is -0.145. The van der Waals surface area contributed by atoms with Crippen molar-refractivity contribution >= 4 is 23.2 Å². The lowest BCUT2D eigenvalue weighted by Crippen LogP contribution is -2.42. The summed E-state index contributed by atoms with van der Waals surface area (Å²) in [4.78, 5) is 27.6. The zero-order valence-corrected chi connectivity index (χ0v) is 13.6. The lowest BCUT2D eigenvalue weighted by molar-refractivity contribution is -0.123. The van der Waals surface area contributed by atoms with Gasteiger partial charge < -0.3 is 15.1 Å². The molecule has 22 heavy (non-hydrogen) atoms. The second-order valence-electron chi connectivity index (χ2n) is 6.04. The number of benzene rings is 1. The second kappa shape index (κ2) is 7.29. The van der Waals surface area contributed by atoms with Crippen LogP contribution in [0.2, 0.25) is 0 Å². The summed E-state index contributed by atoms with van der Waals surface area (Å²) in [5.41, 5.74) is 1.94. The van der Waals surface area contributed by atoms with Crippen LogP contribution in [0.4, 0.5) is 11.4 Å². The molecule has 0 aromatic heterocycles. The first kappa shape index (κ1) is 16.3. The molecular formula is C17H25N3O2. The third kappa shape index (κ3) is 4.23. The molecular weight excluding hydrogens is 278 g/mol. The predicted octanol–water partition coefficient (Wildman–Crippen LogP) is 2.16. The molecule has 0 radical (unpaired) electrons. The molecule has 5 heteroatoms. The molecule has 120 valence electrons. The van der Waals surface area contributed by atoms with Gasteiger partial charge in [-0.25, -0.2) is 0 Å². The summed E-state index contributed by atoms with van der Waals surface area (Å²) in [6, 6.07) is 7.95. The summed E-state index contributed by atoms with van der Waals surface area (Å²) in [5.74, 6) is -0.276. The molecule has 2 rings (SSSR count). The Labute approximate surface area is 132 Å². The fraction of sp³-hybridized carbons (Fsp3) is 0.529. The van der Waals surface area contributed by atoms with Crippen LogP contribution in [-0.4, -0.2) is 37.5 Å². The molecule has 0 spiro atoms. The Balaban J connectivity index is 2.08. The minimum absolute atomic E-state index is 0.0522. The fourth-order valence-corrected chi connectivity index (χ4v) is 2.71. The van der Waals surface area contributed by atoms with Crippen LogP contribution in [0.1, 0.15) is 33.6 Å². The van der Waals surface area contributed by atoms with Crippen molar-refractivity contribution in [2.45, 2.75) is 39.7 Å². The smallest absolute Gasteiger partial charge is 0.240 e. The van der Waals surface area contributed by atoms with Gasteiger partial charge in [-0.2, -0.15) is 0 Å². The Morgan fingerprint density at radius 3 is 2.27 bits per heavy atom. The van der Waals surface area contributed by atoms with E-state index in [1.807, 2.05) is 38.1 Å². The first-order valence-electron chi connectivity index (χ1n) is 7.90. The average molecular weight is 303 g/mol. The quantitative estimate of drug-likeness (QED) is 0.907. The number of hydrogen-bond acceptors (Lipinski definition) is 3. The van der Waals surface area contributed by atoms with Gasteiger partial charge in [0.15, 0.2) is 0 Å². The Bertz CT molecular complexity index is 519. The van der Waals surface area contributed by atoms with Gasteiger partial charge in [0.05, 0.1) is 0 Å². The van der Waals surface area contributed by atoms with Crippen LogP contribution in [0.5, 0.6) is 0 Å². The molecule has 1 saturated heterocycles. The van der Waals surface area contributed by atoms with Crippen molar-refractivity contribution in [1.82, 2.24) is 5.32 Å². The van der Waals surface area contributed by atoms with Crippen LogP contribution in [0.25, 0.3) is 0 Å². The van der Waals surface area contributed by atoms with Gasteiger partial charge in [-0.3, -0.25) is 9.59 Å². The zero-order valence-electron chi connectivity index (χ0n) is 13.6. The average Bonchev–Trinajstić information content (AvgIpc) is 2.98. The molecule has 1 heterocycles. The maximum atomic E-state index is 11.9. The van der Waals surface area contributed by atoms with Gasteiger partial charge in [0.1, 0.15) is 6.54 Å². The predicted molar refractivity (Wildman–Crippen MR) is 89.2 cm³/mol. The number of anilines is 2. The van der Waals surface area contributed by atoms with E-state index in [2.05, 4.69) is 10.2 Å². The van der Waals surface area contributed by atoms with Crippen molar-refractivity contribution in [1.29, 1.82) is 0 Å². The zero-order chi connectivity index (χ0) is 16.1. The van der Waals surface area contributed by atoms with Gasteiger partial charge in [0, 0.05) is 37.4 Å². The van der Waals surface area contributed by atoms with Crippen LogP contribution in [0.3, 0.4) is 0 Å². The molecule has 1 N–H and O–H groups in total. The molecule has 1 aromatic rings. The number of nitrogens with zero attached hydrogens (tertiary/aromatic N) is 2. The number of rotatable bonds is 5. The largest absolute Gasteiger partial charge is 0.372 e. The van der Waals surface area contributed by atoms with E-state index >= 15 is 0 Å². The molecule has 0 unspecified atom stereocenters. The van der Waals surface area contributed by atoms with Crippen molar-refractivity contribution in [3.05, 3.63) is 24.3 Å². The molecule has 1 aromatic carbocycles. The first-order valence-corrected chi connectivity index (χ1v) is 7.90. The maximum absolute atomic E-state index is 11.9. The Hall–Kier alpha value is -2.04. The Kier molecular flexibility index (Phi) is 5.41. The van der Waals surface area contributed by atoms with E-state index in [0.29, 0.717) is 0 Å². The van der Waals surface area contributed by atoms with Crippen molar-refractivity contribution < 1.29 is 9.59 Å². The number of hydrogen-bond donors (Lipinski definition) is 1. The highest BCUT2D eigenvalue weighted by Crippen LogP contribution is 2.24. The highest BCUT2D eigenvalue weighted by Gasteiger charge is 2.17. The van der Waals surface area contributed by atoms with Gasteiger partial charge in [-0.1, -0.05) is 0 Å².